The molecule has 0 atom stereocenters. The molecule has 6 aromatic rings. The van der Waals surface area contributed by atoms with Crippen molar-refractivity contribution in [1.82, 2.24) is 0 Å². The van der Waals surface area contributed by atoms with E-state index in [-0.39, 0.29) is 0 Å². The molecule has 0 amide bonds. The molecule has 2 fully saturated rings. The minimum atomic E-state index is 0.448. The van der Waals surface area contributed by atoms with Gasteiger partial charge in [0.05, 0.1) is 0 Å². The third kappa shape index (κ3) is 8.13. The second-order valence-corrected chi connectivity index (χ2v) is 15.0. The van der Waals surface area contributed by atoms with Gasteiger partial charge in [0.25, 0.3) is 0 Å². The first kappa shape index (κ1) is 34.6. The molecule has 4 nitrogen and oxygen atoms in total. The lowest BCUT2D eigenvalue weighted by atomic mass is 9.80. The quantitative estimate of drug-likeness (QED) is 0.140. The van der Waals surface area contributed by atoms with Crippen LogP contribution in [0.4, 0.5) is 11.4 Å². The lowest BCUT2D eigenvalue weighted by Gasteiger charge is -2.28. The van der Waals surface area contributed by atoms with Crippen LogP contribution in [-0.4, -0.2) is 0 Å². The third-order valence-corrected chi connectivity index (χ3v) is 11.2. The third-order valence-electron chi connectivity index (χ3n) is 11.2. The molecule has 6 aromatic carbocycles. The van der Waals surface area contributed by atoms with E-state index in [1.807, 2.05) is 48.5 Å². The Labute approximate surface area is 314 Å². The number of hydrogen-bond donors (Lipinski definition) is 2. The average Bonchev–Trinajstić information content (AvgIpc) is 3.21. The van der Waals surface area contributed by atoms with Crippen molar-refractivity contribution in [2.75, 3.05) is 11.5 Å². The van der Waals surface area contributed by atoms with Crippen molar-refractivity contribution in [1.29, 1.82) is 0 Å². The van der Waals surface area contributed by atoms with E-state index in [0.29, 0.717) is 11.8 Å². The van der Waals surface area contributed by atoms with Crippen LogP contribution >= 0.6 is 0 Å². The van der Waals surface area contributed by atoms with Crippen molar-refractivity contribution in [2.24, 2.45) is 0 Å². The molecule has 4 heteroatoms. The fourth-order valence-corrected chi connectivity index (χ4v) is 8.50. The lowest BCUT2D eigenvalue weighted by Crippen LogP contribution is -2.09. The molecule has 0 unspecified atom stereocenters. The number of hydrogen-bond acceptors (Lipinski definition) is 4. The number of nitrogens with two attached hydrogens (primary N) is 2. The van der Waals surface area contributed by atoms with E-state index in [9.17, 15) is 0 Å². The molecule has 4 N–H and O–H groups in total. The first-order valence-corrected chi connectivity index (χ1v) is 19.6. The van der Waals surface area contributed by atoms with Crippen LogP contribution in [0.15, 0.2) is 133 Å². The summed E-state index contributed by atoms with van der Waals surface area (Å²) in [5.41, 5.74) is 23.4. The fraction of sp³-hybridized carbons (Fsp3) is 0.265. The molecule has 53 heavy (non-hydrogen) atoms. The lowest BCUT2D eigenvalue weighted by molar-refractivity contribution is 0.419. The standard InChI is InChI=1S/C49H50N2O2/c50-40-21-25-42(26-22-40)52-48-44(36-13-5-1-6-14-36)30-34(31-45(48)37-15-7-2-8-16-37)29-35-32-46(38-17-9-3-10-18-38)49(53-43-27-23-41(51)24-28-43)47(33-35)39-19-11-4-12-20-39/h1,3,5-6,9-10,13-14,17-18,21-28,30-33,37,39H,2,4,7-8,11-12,15-16,19-20,29,50-51H2. The second kappa shape index (κ2) is 16.0. The van der Waals surface area contributed by atoms with Crippen LogP contribution in [0, 0.1) is 0 Å². The van der Waals surface area contributed by atoms with Crippen LogP contribution in [0.2, 0.25) is 0 Å². The van der Waals surface area contributed by atoms with E-state index in [1.165, 1.54) is 86.5 Å². The summed E-state index contributed by atoms with van der Waals surface area (Å²) in [5.74, 6) is 4.45. The Morgan fingerprint density at radius 1 is 0.434 bits per heavy atom. The first-order valence-electron chi connectivity index (χ1n) is 19.6. The average molecular weight is 699 g/mol. The Kier molecular flexibility index (Phi) is 10.5. The van der Waals surface area contributed by atoms with Crippen LogP contribution in [0.3, 0.4) is 0 Å². The minimum Gasteiger partial charge on any atom is -0.456 e. The van der Waals surface area contributed by atoms with Crippen LogP contribution < -0.4 is 20.9 Å². The summed E-state index contributed by atoms with van der Waals surface area (Å²) in [5, 5.41) is 0. The second-order valence-electron chi connectivity index (χ2n) is 15.0. The van der Waals surface area contributed by atoms with Gasteiger partial charge < -0.3 is 20.9 Å². The summed E-state index contributed by atoms with van der Waals surface area (Å²) < 4.78 is 13.8. The SMILES string of the molecule is Nc1ccc(Oc2c(-c3ccccc3)cc(Cc3cc(-c4ccccc4)c(Oc4ccc(N)cc4)c(C4CCCCC4)c3)cc2C2CCCCC2)cc1. The van der Waals surface area contributed by atoms with E-state index in [1.54, 1.807) is 0 Å². The van der Waals surface area contributed by atoms with Gasteiger partial charge in [0, 0.05) is 22.5 Å². The molecule has 2 aliphatic carbocycles. The maximum atomic E-state index is 6.88. The van der Waals surface area contributed by atoms with Gasteiger partial charge in [0.15, 0.2) is 0 Å². The molecule has 2 saturated carbocycles. The molecule has 0 saturated heterocycles. The molecule has 268 valence electrons. The molecule has 0 aliphatic heterocycles. The van der Waals surface area contributed by atoms with Crippen LogP contribution in [0.25, 0.3) is 22.3 Å². The van der Waals surface area contributed by atoms with Gasteiger partial charge in [-0.25, -0.2) is 0 Å². The van der Waals surface area contributed by atoms with Gasteiger partial charge >= 0.3 is 0 Å². The van der Waals surface area contributed by atoms with Crippen LogP contribution in [0.1, 0.15) is 98.3 Å². The topological polar surface area (TPSA) is 70.5 Å². The Balaban J connectivity index is 1.28. The summed E-state index contributed by atoms with van der Waals surface area (Å²) in [7, 11) is 0. The van der Waals surface area contributed by atoms with Crippen molar-refractivity contribution in [2.45, 2.75) is 82.5 Å². The van der Waals surface area contributed by atoms with Crippen molar-refractivity contribution >= 4 is 11.4 Å². The normalized spacial score (nSPS) is 15.2. The number of nitrogen functional groups attached to an aromatic ring is 2. The van der Waals surface area contributed by atoms with Gasteiger partial charge in [-0.15, -0.1) is 0 Å². The molecule has 8 rings (SSSR count). The molecule has 0 radical (unpaired) electrons. The molecule has 2 aliphatic rings. The van der Waals surface area contributed by atoms with Crippen LogP contribution in [0.5, 0.6) is 23.0 Å². The summed E-state index contributed by atoms with van der Waals surface area (Å²) >= 11 is 0. The number of ether oxygens (including phenoxy) is 2. The Morgan fingerprint density at radius 3 is 1.19 bits per heavy atom. The van der Waals surface area contributed by atoms with E-state index in [0.717, 1.165) is 63.0 Å². The predicted molar refractivity (Wildman–Crippen MR) is 220 cm³/mol. The molecule has 0 aromatic heterocycles. The van der Waals surface area contributed by atoms with E-state index in [2.05, 4.69) is 84.9 Å². The Morgan fingerprint density at radius 2 is 0.811 bits per heavy atom. The molecular formula is C49H50N2O2. The highest BCUT2D eigenvalue weighted by Crippen LogP contribution is 2.48. The number of benzene rings is 6. The van der Waals surface area contributed by atoms with Crippen molar-refractivity contribution in [3.05, 3.63) is 156 Å². The summed E-state index contributed by atoms with van der Waals surface area (Å²) in [6.07, 6.45) is 13.1. The zero-order valence-corrected chi connectivity index (χ0v) is 30.6. The highest BCUT2D eigenvalue weighted by atomic mass is 16.5. The molecular weight excluding hydrogens is 649 g/mol. The van der Waals surface area contributed by atoms with Crippen molar-refractivity contribution in [3.63, 3.8) is 0 Å². The number of anilines is 2. The molecule has 0 bridgehead atoms. The van der Waals surface area contributed by atoms with Gasteiger partial charge in [0.2, 0.25) is 0 Å². The van der Waals surface area contributed by atoms with E-state index < -0.39 is 0 Å². The highest BCUT2D eigenvalue weighted by molar-refractivity contribution is 5.76. The number of rotatable bonds is 10. The smallest absolute Gasteiger partial charge is 0.138 e. The van der Waals surface area contributed by atoms with Crippen LogP contribution in [-0.2, 0) is 6.42 Å². The monoisotopic (exact) mass is 698 g/mol. The maximum Gasteiger partial charge on any atom is 0.138 e. The summed E-state index contributed by atoms with van der Waals surface area (Å²) in [4.78, 5) is 0. The first-order chi connectivity index (χ1) is 26.1. The van der Waals surface area contributed by atoms with Crippen molar-refractivity contribution < 1.29 is 9.47 Å². The van der Waals surface area contributed by atoms with Gasteiger partial charge in [-0.1, -0.05) is 111 Å². The largest absolute Gasteiger partial charge is 0.456 e. The van der Waals surface area contributed by atoms with Crippen molar-refractivity contribution in [3.8, 4) is 45.3 Å². The Bertz CT molecular complexity index is 1960. The minimum absolute atomic E-state index is 0.448. The van der Waals surface area contributed by atoms with Gasteiger partial charge in [0.1, 0.15) is 23.0 Å². The van der Waals surface area contributed by atoms with E-state index >= 15 is 0 Å². The van der Waals surface area contributed by atoms with Gasteiger partial charge in [-0.3, -0.25) is 0 Å². The summed E-state index contributed by atoms with van der Waals surface area (Å²) in [6, 6.07) is 46.7. The zero-order chi connectivity index (χ0) is 36.0. The van der Waals surface area contributed by atoms with Gasteiger partial charge in [-0.2, -0.15) is 0 Å². The highest BCUT2D eigenvalue weighted by Gasteiger charge is 2.26. The van der Waals surface area contributed by atoms with Gasteiger partial charge in [-0.05, 0) is 138 Å². The van der Waals surface area contributed by atoms with E-state index in [4.69, 9.17) is 20.9 Å². The molecule has 0 spiro atoms. The predicted octanol–water partition coefficient (Wildman–Crippen LogP) is 13.5. The summed E-state index contributed by atoms with van der Waals surface area (Å²) in [6.45, 7) is 0. The zero-order valence-electron chi connectivity index (χ0n) is 30.6. The fourth-order valence-electron chi connectivity index (χ4n) is 8.50. The Hall–Kier alpha value is -5.48. The maximum absolute atomic E-state index is 6.88. The molecule has 0 heterocycles.